The molecular weight excluding hydrogens is 287 g/mol. The molecule has 1 aliphatic heterocycles. The predicted molar refractivity (Wildman–Crippen MR) is 85.9 cm³/mol. The van der Waals surface area contributed by atoms with Crippen molar-refractivity contribution in [1.29, 1.82) is 0 Å². The van der Waals surface area contributed by atoms with E-state index in [1.54, 1.807) is 5.82 Å². The lowest BCUT2D eigenvalue weighted by Crippen LogP contribution is -2.41. The summed E-state index contributed by atoms with van der Waals surface area (Å²) in [5.41, 5.74) is -1.11. The fourth-order valence-corrected chi connectivity index (χ4v) is 4.15. The Morgan fingerprint density at radius 2 is 1.57 bits per heavy atom. The van der Waals surface area contributed by atoms with Crippen molar-refractivity contribution in [3.05, 3.63) is 24.5 Å². The van der Waals surface area contributed by atoms with Crippen LogP contribution >= 0.6 is 7.94 Å². The summed E-state index contributed by atoms with van der Waals surface area (Å²) in [6.45, 7) is 12.7. The zero-order valence-corrected chi connectivity index (χ0v) is 14.7. The molecule has 0 N–H and O–H groups in total. The van der Waals surface area contributed by atoms with Gasteiger partial charge < -0.3 is 9.63 Å². The molecule has 21 heavy (non-hydrogen) atoms. The second kappa shape index (κ2) is 7.85. The van der Waals surface area contributed by atoms with Crippen molar-refractivity contribution < 1.29 is 18.7 Å². The van der Waals surface area contributed by atoms with Crippen LogP contribution in [0.2, 0.25) is 0 Å². The van der Waals surface area contributed by atoms with Crippen LogP contribution in [0.4, 0.5) is 0 Å². The van der Waals surface area contributed by atoms with Crippen LogP contribution in [0, 0.1) is 0 Å². The number of rotatable bonds is 9. The molecule has 0 radical (unpaired) electrons. The quantitative estimate of drug-likeness (QED) is 0.367. The van der Waals surface area contributed by atoms with Crippen LogP contribution in [0.3, 0.4) is 0 Å². The molecule has 0 aromatic heterocycles. The monoisotopic (exact) mass is 316 g/mol. The number of hydrogen-bond donors (Lipinski definition) is 0. The zero-order valence-electron chi connectivity index (χ0n) is 13.8. The Balaban J connectivity index is 2.23. The lowest BCUT2D eigenvalue weighted by molar-refractivity contribution is -0.207. The second-order valence-electron chi connectivity index (χ2n) is 6.31. The SMILES string of the molecule is C=CCCCOCCC/C=C/[P+]1([O-])OC(C)(C)C(C)(C)O1. The summed E-state index contributed by atoms with van der Waals surface area (Å²) in [5.74, 6) is 1.58. The van der Waals surface area contributed by atoms with Gasteiger partial charge in [-0.15, -0.1) is 6.58 Å². The summed E-state index contributed by atoms with van der Waals surface area (Å²) >= 11 is 0. The van der Waals surface area contributed by atoms with Crippen molar-refractivity contribution in [3.8, 4) is 0 Å². The first-order chi connectivity index (χ1) is 9.72. The topological polar surface area (TPSA) is 50.8 Å². The van der Waals surface area contributed by atoms with Crippen molar-refractivity contribution in [1.82, 2.24) is 0 Å². The average Bonchev–Trinajstić information content (AvgIpc) is 2.51. The Morgan fingerprint density at radius 3 is 2.10 bits per heavy atom. The van der Waals surface area contributed by atoms with Gasteiger partial charge in [0.2, 0.25) is 0 Å². The molecule has 1 rings (SSSR count). The maximum Gasteiger partial charge on any atom is 0.265 e. The normalized spacial score (nSPS) is 22.7. The minimum Gasteiger partial charge on any atom is -0.627 e. The first-order valence-electron chi connectivity index (χ1n) is 7.60. The van der Waals surface area contributed by atoms with Crippen LogP contribution in [-0.2, 0) is 13.8 Å². The van der Waals surface area contributed by atoms with Crippen LogP contribution in [0.5, 0.6) is 0 Å². The highest BCUT2D eigenvalue weighted by Crippen LogP contribution is 2.67. The molecule has 0 aromatic carbocycles. The minimum atomic E-state index is -3.12. The maximum absolute atomic E-state index is 12.5. The summed E-state index contributed by atoms with van der Waals surface area (Å²) in [6.07, 6.45) is 7.47. The van der Waals surface area contributed by atoms with E-state index in [1.165, 1.54) is 0 Å². The highest BCUT2D eigenvalue weighted by atomic mass is 31.2. The molecule has 1 saturated heterocycles. The van der Waals surface area contributed by atoms with Gasteiger partial charge in [-0.1, -0.05) is 6.08 Å². The largest absolute Gasteiger partial charge is 0.627 e. The van der Waals surface area contributed by atoms with Gasteiger partial charge in [0.1, 0.15) is 17.0 Å². The fourth-order valence-electron chi connectivity index (χ4n) is 1.87. The van der Waals surface area contributed by atoms with Gasteiger partial charge in [-0.05, 0) is 59.5 Å². The first kappa shape index (κ1) is 18.8. The Hall–Kier alpha value is -0.250. The van der Waals surface area contributed by atoms with E-state index >= 15 is 0 Å². The highest BCUT2D eigenvalue weighted by molar-refractivity contribution is 7.62. The predicted octanol–water partition coefficient (Wildman–Crippen LogP) is 3.99. The molecule has 0 aliphatic carbocycles. The summed E-state index contributed by atoms with van der Waals surface area (Å²) in [4.78, 5) is 12.5. The molecular formula is C16H29O4P. The summed E-state index contributed by atoms with van der Waals surface area (Å²) in [6, 6.07) is 0. The first-order valence-corrected chi connectivity index (χ1v) is 9.21. The van der Waals surface area contributed by atoms with Crippen molar-refractivity contribution in [2.75, 3.05) is 13.2 Å². The van der Waals surface area contributed by atoms with Gasteiger partial charge in [0.25, 0.3) is 7.94 Å². The molecule has 0 saturated carbocycles. The zero-order chi connectivity index (χ0) is 16.0. The number of allylic oxidation sites excluding steroid dienone is 2. The third-order valence-electron chi connectivity index (χ3n) is 3.81. The molecule has 5 heteroatoms. The summed E-state index contributed by atoms with van der Waals surface area (Å²) in [7, 11) is -3.12. The molecule has 1 heterocycles. The van der Waals surface area contributed by atoms with E-state index < -0.39 is 19.1 Å². The average molecular weight is 316 g/mol. The smallest absolute Gasteiger partial charge is 0.265 e. The molecule has 0 aromatic rings. The number of unbranched alkanes of at least 4 members (excludes halogenated alkanes) is 2. The minimum absolute atomic E-state index is 0.554. The fraction of sp³-hybridized carbons (Fsp3) is 0.750. The van der Waals surface area contributed by atoms with Gasteiger partial charge in [0.05, 0.1) is 0 Å². The van der Waals surface area contributed by atoms with Crippen LogP contribution in [0.15, 0.2) is 24.5 Å². The van der Waals surface area contributed by atoms with E-state index in [9.17, 15) is 4.89 Å². The Morgan fingerprint density at radius 1 is 1.05 bits per heavy atom. The third kappa shape index (κ3) is 5.80. The van der Waals surface area contributed by atoms with Crippen molar-refractivity contribution >= 4 is 7.94 Å². The molecule has 0 amide bonds. The van der Waals surface area contributed by atoms with Crippen LogP contribution in [0.25, 0.3) is 0 Å². The van der Waals surface area contributed by atoms with Crippen molar-refractivity contribution in [2.24, 2.45) is 0 Å². The summed E-state index contributed by atoms with van der Waals surface area (Å²) in [5, 5.41) is 0. The van der Waals surface area contributed by atoms with Gasteiger partial charge >= 0.3 is 0 Å². The second-order valence-corrected chi connectivity index (χ2v) is 8.06. The Labute approximate surface area is 129 Å². The summed E-state index contributed by atoms with van der Waals surface area (Å²) < 4.78 is 16.7. The Kier molecular flexibility index (Phi) is 7.02. The number of hydrogen-bond acceptors (Lipinski definition) is 4. The van der Waals surface area contributed by atoms with E-state index in [2.05, 4.69) is 6.58 Å². The lowest BCUT2D eigenvalue weighted by Gasteiger charge is -2.25. The number of ether oxygens (including phenoxy) is 1. The van der Waals surface area contributed by atoms with Gasteiger partial charge in [-0.25, -0.2) is 0 Å². The maximum atomic E-state index is 12.5. The van der Waals surface area contributed by atoms with E-state index in [0.29, 0.717) is 6.61 Å². The molecule has 4 nitrogen and oxygen atoms in total. The standard InChI is InChI=1S/C16H29O4P/c1-6-7-9-12-18-13-10-8-11-14-21(17)19-15(2,3)16(4,5)20-21/h6,11,14H,1,7-10,12-13H2,2-5H3/b14-11+. The Bertz CT molecular complexity index is 347. The van der Waals surface area contributed by atoms with Gasteiger partial charge in [-0.3, -0.25) is 0 Å². The van der Waals surface area contributed by atoms with Crippen molar-refractivity contribution in [3.63, 3.8) is 0 Å². The van der Waals surface area contributed by atoms with Crippen LogP contribution in [0.1, 0.15) is 53.4 Å². The van der Waals surface area contributed by atoms with Gasteiger partial charge in [0, 0.05) is 13.2 Å². The molecule has 0 atom stereocenters. The van der Waals surface area contributed by atoms with E-state index in [-0.39, 0.29) is 0 Å². The molecule has 1 fully saturated rings. The van der Waals surface area contributed by atoms with E-state index in [1.807, 2.05) is 39.8 Å². The van der Waals surface area contributed by atoms with Gasteiger partial charge in [-0.2, -0.15) is 9.05 Å². The van der Waals surface area contributed by atoms with Crippen LogP contribution < -0.4 is 4.89 Å². The molecule has 0 bridgehead atoms. The van der Waals surface area contributed by atoms with Gasteiger partial charge in [0.15, 0.2) is 0 Å². The van der Waals surface area contributed by atoms with Crippen molar-refractivity contribution in [2.45, 2.75) is 64.6 Å². The highest BCUT2D eigenvalue weighted by Gasteiger charge is 2.59. The molecule has 1 aliphatic rings. The molecule has 0 unspecified atom stereocenters. The molecule has 122 valence electrons. The molecule has 0 spiro atoms. The van der Waals surface area contributed by atoms with E-state index in [0.717, 1.165) is 32.3 Å². The third-order valence-corrected chi connectivity index (χ3v) is 5.80. The van der Waals surface area contributed by atoms with Crippen LogP contribution in [-0.4, -0.2) is 24.4 Å². The lowest BCUT2D eigenvalue weighted by atomic mass is 9.90. The van der Waals surface area contributed by atoms with E-state index in [4.69, 9.17) is 13.8 Å².